The fraction of sp³-hybridized carbons (Fsp3) is 0.385. The van der Waals surface area contributed by atoms with Crippen LogP contribution in [-0.2, 0) is 11.3 Å². The Morgan fingerprint density at radius 3 is 2.79 bits per heavy atom. The van der Waals surface area contributed by atoms with Crippen LogP contribution in [0.5, 0.6) is 0 Å². The number of aliphatic hydroxyl groups excluding tert-OH is 1. The molecule has 0 saturated carbocycles. The third-order valence-electron chi connectivity index (χ3n) is 3.13. The number of hydrogen-bond donors (Lipinski definition) is 4. The summed E-state index contributed by atoms with van der Waals surface area (Å²) < 4.78 is 0. The van der Waals surface area contributed by atoms with Crippen molar-refractivity contribution in [2.45, 2.75) is 19.9 Å². The van der Waals surface area contributed by atoms with Crippen LogP contribution in [0.15, 0.2) is 23.0 Å². The second-order valence-corrected chi connectivity index (χ2v) is 4.46. The Morgan fingerprint density at radius 1 is 1.37 bits per heavy atom. The lowest BCUT2D eigenvalue weighted by atomic mass is 10.1. The van der Waals surface area contributed by atoms with Crippen LogP contribution >= 0.6 is 0 Å². The summed E-state index contributed by atoms with van der Waals surface area (Å²) in [6, 6.07) is 5.44. The van der Waals surface area contributed by atoms with Gasteiger partial charge in [0.05, 0.1) is 23.6 Å². The van der Waals surface area contributed by atoms with E-state index >= 15 is 0 Å². The number of aliphatic hydroxyl groups is 1. The summed E-state index contributed by atoms with van der Waals surface area (Å²) in [6.07, 6.45) is 0.604. The van der Waals surface area contributed by atoms with Gasteiger partial charge in [-0.25, -0.2) is 4.79 Å². The molecule has 1 unspecified atom stereocenters. The Kier molecular flexibility index (Phi) is 4.01. The standard InChI is InChI=1S/C13H17N3O3/c1-2-9(7-17)12(18)14-6-8-3-4-10-11(5-8)16-13(19)15-10/h3-5,9,17H,2,6-7H2,1H3,(H,14,18)(H2,15,16,19). The maximum absolute atomic E-state index is 11.7. The largest absolute Gasteiger partial charge is 0.396 e. The number of fused-ring (bicyclic) bond motifs is 1. The number of carbonyl (C=O) groups is 1. The van der Waals surface area contributed by atoms with Gasteiger partial charge in [0.15, 0.2) is 0 Å². The molecule has 2 rings (SSSR count). The fourth-order valence-electron chi connectivity index (χ4n) is 1.92. The van der Waals surface area contributed by atoms with E-state index in [2.05, 4.69) is 15.3 Å². The van der Waals surface area contributed by atoms with E-state index in [0.717, 1.165) is 11.1 Å². The molecule has 19 heavy (non-hydrogen) atoms. The highest BCUT2D eigenvalue weighted by Gasteiger charge is 2.14. The lowest BCUT2D eigenvalue weighted by molar-refractivity contribution is -0.126. The third kappa shape index (κ3) is 3.03. The number of benzene rings is 1. The maximum Gasteiger partial charge on any atom is 0.323 e. The summed E-state index contributed by atoms with van der Waals surface area (Å²) in [4.78, 5) is 28.2. The second-order valence-electron chi connectivity index (χ2n) is 4.46. The predicted octanol–water partition coefficient (Wildman–Crippen LogP) is 0.491. The molecule has 0 aliphatic rings. The van der Waals surface area contributed by atoms with Crippen molar-refractivity contribution in [2.24, 2.45) is 5.92 Å². The summed E-state index contributed by atoms with van der Waals surface area (Å²) in [7, 11) is 0. The molecule has 1 heterocycles. The molecule has 0 saturated heterocycles. The molecular formula is C13H17N3O3. The van der Waals surface area contributed by atoms with E-state index in [4.69, 9.17) is 5.11 Å². The number of amides is 1. The zero-order valence-electron chi connectivity index (χ0n) is 10.7. The highest BCUT2D eigenvalue weighted by molar-refractivity contribution is 5.79. The monoisotopic (exact) mass is 263 g/mol. The van der Waals surface area contributed by atoms with Gasteiger partial charge < -0.3 is 20.4 Å². The first-order valence-corrected chi connectivity index (χ1v) is 6.23. The number of nitrogens with one attached hydrogen (secondary N) is 3. The molecule has 0 radical (unpaired) electrons. The molecule has 0 aliphatic carbocycles. The van der Waals surface area contributed by atoms with Gasteiger partial charge in [-0.1, -0.05) is 13.0 Å². The molecule has 1 aromatic heterocycles. The van der Waals surface area contributed by atoms with Crippen LogP contribution in [-0.4, -0.2) is 27.6 Å². The summed E-state index contributed by atoms with van der Waals surface area (Å²) in [5.74, 6) is -0.525. The number of rotatable bonds is 5. The van der Waals surface area contributed by atoms with Gasteiger partial charge in [-0.2, -0.15) is 0 Å². The molecule has 102 valence electrons. The van der Waals surface area contributed by atoms with Crippen LogP contribution < -0.4 is 11.0 Å². The molecule has 2 aromatic rings. The number of carbonyl (C=O) groups excluding carboxylic acids is 1. The van der Waals surface area contributed by atoms with Crippen LogP contribution in [0.25, 0.3) is 11.0 Å². The van der Waals surface area contributed by atoms with E-state index in [1.165, 1.54) is 0 Å². The van der Waals surface area contributed by atoms with Crippen LogP contribution in [0.4, 0.5) is 0 Å². The topological polar surface area (TPSA) is 98.0 Å². The molecule has 1 aromatic carbocycles. The van der Waals surface area contributed by atoms with Crippen molar-refractivity contribution in [3.05, 3.63) is 34.2 Å². The fourth-order valence-corrected chi connectivity index (χ4v) is 1.92. The molecule has 1 amide bonds. The zero-order chi connectivity index (χ0) is 13.8. The highest BCUT2D eigenvalue weighted by atomic mass is 16.3. The van der Waals surface area contributed by atoms with Gasteiger partial charge in [-0.05, 0) is 24.1 Å². The van der Waals surface area contributed by atoms with Gasteiger partial charge in [0.25, 0.3) is 0 Å². The Morgan fingerprint density at radius 2 is 2.11 bits per heavy atom. The summed E-state index contributed by atoms with van der Waals surface area (Å²) in [6.45, 7) is 2.09. The number of imidazole rings is 1. The van der Waals surface area contributed by atoms with Gasteiger partial charge in [-0.3, -0.25) is 4.79 Å². The highest BCUT2D eigenvalue weighted by Crippen LogP contribution is 2.10. The number of H-pyrrole nitrogens is 2. The zero-order valence-corrected chi connectivity index (χ0v) is 10.7. The number of aromatic amines is 2. The summed E-state index contributed by atoms with van der Waals surface area (Å²) in [5, 5.41) is 11.8. The van der Waals surface area contributed by atoms with Crippen LogP contribution in [0.2, 0.25) is 0 Å². The van der Waals surface area contributed by atoms with Crippen molar-refractivity contribution >= 4 is 16.9 Å². The summed E-state index contributed by atoms with van der Waals surface area (Å²) >= 11 is 0. The Balaban J connectivity index is 2.05. The van der Waals surface area contributed by atoms with E-state index in [9.17, 15) is 9.59 Å². The smallest absolute Gasteiger partial charge is 0.323 e. The van der Waals surface area contributed by atoms with Crippen molar-refractivity contribution in [3.8, 4) is 0 Å². The first kappa shape index (κ1) is 13.4. The van der Waals surface area contributed by atoms with Gasteiger partial charge in [0, 0.05) is 6.54 Å². The first-order valence-electron chi connectivity index (χ1n) is 6.23. The van der Waals surface area contributed by atoms with Crippen LogP contribution in [0.3, 0.4) is 0 Å². The molecule has 0 aliphatic heterocycles. The van der Waals surface area contributed by atoms with E-state index in [1.54, 1.807) is 6.07 Å². The minimum absolute atomic E-state index is 0.146. The average Bonchev–Trinajstić information content (AvgIpc) is 2.77. The van der Waals surface area contributed by atoms with Gasteiger partial charge in [-0.15, -0.1) is 0 Å². The predicted molar refractivity (Wildman–Crippen MR) is 71.6 cm³/mol. The van der Waals surface area contributed by atoms with E-state index in [-0.39, 0.29) is 24.1 Å². The van der Waals surface area contributed by atoms with Crippen molar-refractivity contribution < 1.29 is 9.90 Å². The molecule has 0 bridgehead atoms. The average molecular weight is 263 g/mol. The number of aromatic nitrogens is 2. The molecule has 0 fully saturated rings. The SMILES string of the molecule is CCC(CO)C(=O)NCc1ccc2[nH]c(=O)[nH]c2c1. The van der Waals surface area contributed by atoms with Crippen molar-refractivity contribution in [1.82, 2.24) is 15.3 Å². The third-order valence-corrected chi connectivity index (χ3v) is 3.13. The molecule has 1 atom stereocenters. The minimum atomic E-state index is -0.365. The van der Waals surface area contributed by atoms with Gasteiger partial charge >= 0.3 is 5.69 Å². The molecule has 4 N–H and O–H groups in total. The molecule has 6 heteroatoms. The lowest BCUT2D eigenvalue weighted by Crippen LogP contribution is -2.31. The quantitative estimate of drug-likeness (QED) is 0.632. The minimum Gasteiger partial charge on any atom is -0.396 e. The van der Waals surface area contributed by atoms with Crippen LogP contribution in [0, 0.1) is 5.92 Å². The maximum atomic E-state index is 11.7. The van der Waals surface area contributed by atoms with Gasteiger partial charge in [0.2, 0.25) is 5.91 Å². The first-order chi connectivity index (χ1) is 9.13. The lowest BCUT2D eigenvalue weighted by Gasteiger charge is -2.12. The Labute approximate surface area is 109 Å². The van der Waals surface area contributed by atoms with E-state index < -0.39 is 0 Å². The van der Waals surface area contributed by atoms with Crippen molar-refractivity contribution in [1.29, 1.82) is 0 Å². The van der Waals surface area contributed by atoms with Crippen LogP contribution in [0.1, 0.15) is 18.9 Å². The van der Waals surface area contributed by atoms with Crippen molar-refractivity contribution in [2.75, 3.05) is 6.61 Å². The van der Waals surface area contributed by atoms with Gasteiger partial charge in [0.1, 0.15) is 0 Å². The van der Waals surface area contributed by atoms with E-state index in [1.807, 2.05) is 19.1 Å². The molecule has 6 nitrogen and oxygen atoms in total. The molecule has 0 spiro atoms. The number of hydrogen-bond acceptors (Lipinski definition) is 3. The Hall–Kier alpha value is -2.08. The summed E-state index contributed by atoms with van der Waals surface area (Å²) in [5.41, 5.74) is 2.10. The van der Waals surface area contributed by atoms with E-state index in [0.29, 0.717) is 18.5 Å². The Bertz CT molecular complexity index is 625. The second kappa shape index (κ2) is 5.71. The molecular weight excluding hydrogens is 246 g/mol. The van der Waals surface area contributed by atoms with Crippen molar-refractivity contribution in [3.63, 3.8) is 0 Å². The normalized spacial score (nSPS) is 12.5.